The van der Waals surface area contributed by atoms with Crippen molar-refractivity contribution in [1.29, 1.82) is 0 Å². The van der Waals surface area contributed by atoms with Gasteiger partial charge in [0.05, 0.1) is 13.2 Å². The van der Waals surface area contributed by atoms with Crippen molar-refractivity contribution < 1.29 is 9.15 Å². The summed E-state index contributed by atoms with van der Waals surface area (Å²) in [5.74, 6) is 0.557. The molecule has 0 unspecified atom stereocenters. The average molecular weight is 187 g/mol. The molecule has 0 aromatic carbocycles. The second-order valence-electron chi connectivity index (χ2n) is 2.90. The van der Waals surface area contributed by atoms with Crippen LogP contribution in [0.4, 0.5) is 0 Å². The first-order valence-corrected chi connectivity index (χ1v) is 4.01. The van der Waals surface area contributed by atoms with Crippen molar-refractivity contribution in [2.75, 3.05) is 19.8 Å². The first-order chi connectivity index (χ1) is 5.77. The molecule has 2 heterocycles. The monoisotopic (exact) mass is 187 g/mol. The fraction of sp³-hybridized carbons (Fsp3) is 0.667. The van der Waals surface area contributed by atoms with Crippen LogP contribution in [0.1, 0.15) is 5.89 Å². The molecule has 0 radical (unpaired) electrons. The first kappa shape index (κ1) is 7.90. The van der Waals surface area contributed by atoms with Crippen LogP contribution in [-0.4, -0.2) is 30.0 Å². The number of rotatable bonds is 2. The third kappa shape index (κ3) is 0.996. The molecule has 6 heteroatoms. The van der Waals surface area contributed by atoms with Gasteiger partial charge in [-0.15, -0.1) is 5.10 Å². The van der Waals surface area contributed by atoms with Crippen LogP contribution in [0.15, 0.2) is 4.42 Å². The van der Waals surface area contributed by atoms with Gasteiger partial charge in [0, 0.05) is 6.54 Å². The molecule has 0 saturated carbocycles. The van der Waals surface area contributed by atoms with Crippen LogP contribution < -0.4 is 5.73 Å². The lowest BCUT2D eigenvalue weighted by atomic mass is 9.86. The van der Waals surface area contributed by atoms with Crippen molar-refractivity contribution in [3.63, 3.8) is 0 Å². The highest BCUT2D eigenvalue weighted by Gasteiger charge is 2.43. The molecule has 0 aliphatic carbocycles. The molecule has 5 nitrogen and oxygen atoms in total. The van der Waals surface area contributed by atoms with Gasteiger partial charge in [0.25, 0.3) is 4.84 Å². The molecular weight excluding hydrogens is 178 g/mol. The van der Waals surface area contributed by atoms with Crippen LogP contribution in [0.3, 0.4) is 0 Å². The molecule has 66 valence electrons. The molecule has 1 saturated heterocycles. The van der Waals surface area contributed by atoms with E-state index in [2.05, 4.69) is 10.2 Å². The zero-order valence-electron chi connectivity index (χ0n) is 6.37. The van der Waals surface area contributed by atoms with Crippen LogP contribution in [0.25, 0.3) is 0 Å². The number of aromatic amines is 1. The van der Waals surface area contributed by atoms with Gasteiger partial charge >= 0.3 is 0 Å². The van der Waals surface area contributed by atoms with E-state index in [-0.39, 0.29) is 10.3 Å². The zero-order chi connectivity index (χ0) is 8.60. The Morgan fingerprint density at radius 1 is 1.67 bits per heavy atom. The van der Waals surface area contributed by atoms with Gasteiger partial charge in [0.15, 0.2) is 0 Å². The number of aromatic nitrogens is 2. The largest absolute Gasteiger partial charge is 0.413 e. The zero-order valence-corrected chi connectivity index (χ0v) is 7.19. The van der Waals surface area contributed by atoms with E-state index in [0.717, 1.165) is 0 Å². The molecule has 1 aliphatic rings. The lowest BCUT2D eigenvalue weighted by molar-refractivity contribution is -0.0677. The van der Waals surface area contributed by atoms with Crippen molar-refractivity contribution in [3.05, 3.63) is 10.7 Å². The number of ether oxygens (including phenoxy) is 1. The minimum absolute atomic E-state index is 0.243. The standard InChI is InChI=1S/C6H9N3O2S/c7-1-6(2-10-3-6)4-8-9-5(12)11-4/h1-3,7H2,(H,9,12). The van der Waals surface area contributed by atoms with Gasteiger partial charge in [0.1, 0.15) is 5.41 Å². The lowest BCUT2D eigenvalue weighted by Gasteiger charge is -2.36. The number of hydrogen-bond donors (Lipinski definition) is 2. The number of nitrogens with one attached hydrogen (secondary N) is 1. The molecule has 0 bridgehead atoms. The summed E-state index contributed by atoms with van der Waals surface area (Å²) in [7, 11) is 0. The maximum atomic E-state index is 5.58. The fourth-order valence-corrected chi connectivity index (χ4v) is 1.26. The third-order valence-corrected chi connectivity index (χ3v) is 2.21. The van der Waals surface area contributed by atoms with Crippen molar-refractivity contribution >= 4 is 12.2 Å². The Balaban J connectivity index is 2.33. The molecular formula is C6H9N3O2S. The smallest absolute Gasteiger partial charge is 0.284 e. The van der Waals surface area contributed by atoms with E-state index in [1.165, 1.54) is 0 Å². The Bertz CT molecular complexity index is 322. The molecule has 0 amide bonds. The van der Waals surface area contributed by atoms with E-state index in [1.54, 1.807) is 0 Å². The van der Waals surface area contributed by atoms with Gasteiger partial charge in [-0.3, -0.25) is 0 Å². The topological polar surface area (TPSA) is 77.1 Å². The van der Waals surface area contributed by atoms with E-state index >= 15 is 0 Å². The van der Waals surface area contributed by atoms with Gasteiger partial charge in [-0.2, -0.15) is 0 Å². The van der Waals surface area contributed by atoms with E-state index < -0.39 is 0 Å². The molecule has 0 spiro atoms. The first-order valence-electron chi connectivity index (χ1n) is 3.61. The van der Waals surface area contributed by atoms with Gasteiger partial charge < -0.3 is 14.9 Å². The van der Waals surface area contributed by atoms with Crippen LogP contribution >= 0.6 is 12.2 Å². The summed E-state index contributed by atoms with van der Waals surface area (Å²) in [5.41, 5.74) is 5.34. The summed E-state index contributed by atoms with van der Waals surface area (Å²) < 4.78 is 10.2. The fourth-order valence-electron chi connectivity index (χ4n) is 1.13. The van der Waals surface area contributed by atoms with Gasteiger partial charge in [-0.05, 0) is 12.2 Å². The maximum absolute atomic E-state index is 5.58. The molecule has 1 aromatic heterocycles. The molecule has 2 rings (SSSR count). The Kier molecular flexibility index (Phi) is 1.75. The minimum atomic E-state index is -0.243. The SMILES string of the molecule is NCC1(c2n[nH]c(=S)o2)COC1. The van der Waals surface area contributed by atoms with Crippen molar-refractivity contribution in [3.8, 4) is 0 Å². The summed E-state index contributed by atoms with van der Waals surface area (Å²) in [5, 5.41) is 6.49. The number of nitrogens with zero attached hydrogens (tertiary/aromatic N) is 1. The molecule has 0 atom stereocenters. The lowest BCUT2D eigenvalue weighted by Crippen LogP contribution is -2.52. The highest BCUT2D eigenvalue weighted by molar-refractivity contribution is 7.71. The van der Waals surface area contributed by atoms with Crippen molar-refractivity contribution in [1.82, 2.24) is 10.2 Å². The number of hydrogen-bond acceptors (Lipinski definition) is 5. The Morgan fingerprint density at radius 3 is 2.75 bits per heavy atom. The summed E-state index contributed by atoms with van der Waals surface area (Å²) >= 11 is 4.76. The number of nitrogens with two attached hydrogens (primary N) is 1. The van der Waals surface area contributed by atoms with E-state index in [0.29, 0.717) is 25.6 Å². The number of H-pyrrole nitrogens is 1. The highest BCUT2D eigenvalue weighted by atomic mass is 32.1. The third-order valence-electron chi connectivity index (χ3n) is 2.04. The predicted octanol–water partition coefficient (Wildman–Crippen LogP) is -0.0411. The summed E-state index contributed by atoms with van der Waals surface area (Å²) in [6.45, 7) is 1.59. The van der Waals surface area contributed by atoms with E-state index in [4.69, 9.17) is 27.1 Å². The highest BCUT2D eigenvalue weighted by Crippen LogP contribution is 2.29. The van der Waals surface area contributed by atoms with Crippen LogP contribution in [0.2, 0.25) is 0 Å². The Hall–Kier alpha value is -0.720. The molecule has 12 heavy (non-hydrogen) atoms. The second kappa shape index (κ2) is 2.65. The van der Waals surface area contributed by atoms with E-state index in [1.807, 2.05) is 0 Å². The molecule has 1 aromatic rings. The van der Waals surface area contributed by atoms with Gasteiger partial charge in [0.2, 0.25) is 5.89 Å². The van der Waals surface area contributed by atoms with Crippen LogP contribution in [0.5, 0.6) is 0 Å². The summed E-state index contributed by atoms with van der Waals surface area (Å²) in [6, 6.07) is 0. The molecule has 1 aliphatic heterocycles. The summed E-state index contributed by atoms with van der Waals surface area (Å²) in [4.78, 5) is 0.282. The second-order valence-corrected chi connectivity index (χ2v) is 3.27. The van der Waals surface area contributed by atoms with Crippen molar-refractivity contribution in [2.45, 2.75) is 5.41 Å². The predicted molar refractivity (Wildman–Crippen MR) is 43.2 cm³/mol. The summed E-state index contributed by atoms with van der Waals surface area (Å²) in [6.07, 6.45) is 0. The van der Waals surface area contributed by atoms with Crippen molar-refractivity contribution in [2.24, 2.45) is 5.73 Å². The maximum Gasteiger partial charge on any atom is 0.284 e. The van der Waals surface area contributed by atoms with Gasteiger partial charge in [-0.25, -0.2) is 5.10 Å². The Morgan fingerprint density at radius 2 is 2.42 bits per heavy atom. The van der Waals surface area contributed by atoms with Gasteiger partial charge in [-0.1, -0.05) is 0 Å². The van der Waals surface area contributed by atoms with Crippen LogP contribution in [0, 0.1) is 4.84 Å². The Labute approximate surface area is 73.9 Å². The quantitative estimate of drug-likeness (QED) is 0.635. The molecule has 1 fully saturated rings. The minimum Gasteiger partial charge on any atom is -0.413 e. The van der Waals surface area contributed by atoms with Crippen LogP contribution in [-0.2, 0) is 10.2 Å². The normalized spacial score (nSPS) is 20.4. The average Bonchev–Trinajstić information content (AvgIpc) is 2.35. The molecule has 3 N–H and O–H groups in total. The van der Waals surface area contributed by atoms with E-state index in [9.17, 15) is 0 Å².